The summed E-state index contributed by atoms with van der Waals surface area (Å²) < 4.78 is 0. The maximum Gasteiger partial charge on any atom is 0.0584 e. The normalized spacial score (nSPS) is 19.2. The molecule has 1 nitrogen and oxygen atoms in total. The van der Waals surface area contributed by atoms with Crippen LogP contribution >= 0.6 is 15.9 Å². The molecule has 2 aromatic rings. The molecule has 0 fully saturated rings. The summed E-state index contributed by atoms with van der Waals surface area (Å²) in [6, 6.07) is 15.3. The molecule has 1 heterocycles. The second-order valence-electron chi connectivity index (χ2n) is 5.69. The van der Waals surface area contributed by atoms with Gasteiger partial charge < -0.3 is 4.90 Å². The second-order valence-corrected chi connectivity index (χ2v) is 6.68. The van der Waals surface area contributed by atoms with Crippen molar-refractivity contribution in [2.45, 2.75) is 11.8 Å². The fourth-order valence-electron chi connectivity index (χ4n) is 3.12. The van der Waals surface area contributed by atoms with Crippen molar-refractivity contribution in [2.75, 3.05) is 11.4 Å². The largest absolute Gasteiger partial charge is 0.343 e. The highest BCUT2D eigenvalue weighted by Gasteiger charge is 2.18. The van der Waals surface area contributed by atoms with Gasteiger partial charge in [-0.1, -0.05) is 64.0 Å². The number of allylic oxidation sites excluding steroid dienone is 1. The summed E-state index contributed by atoms with van der Waals surface area (Å²) in [4.78, 5) is 2.66. The van der Waals surface area contributed by atoms with Gasteiger partial charge in [0.2, 0.25) is 0 Å². The summed E-state index contributed by atoms with van der Waals surface area (Å²) in [6.07, 6.45) is 6.77. The van der Waals surface area contributed by atoms with Gasteiger partial charge in [0, 0.05) is 18.4 Å². The third-order valence-corrected chi connectivity index (χ3v) is 5.01. The highest BCUT2D eigenvalue weighted by molar-refractivity contribution is 9.09. The van der Waals surface area contributed by atoms with E-state index in [-0.39, 0.29) is 0 Å². The smallest absolute Gasteiger partial charge is 0.0584 e. The lowest BCUT2D eigenvalue weighted by atomic mass is 9.95. The molecule has 0 spiro atoms. The van der Waals surface area contributed by atoms with Crippen molar-refractivity contribution in [3.8, 4) is 0 Å². The fourth-order valence-corrected chi connectivity index (χ4v) is 3.65. The molecule has 0 radical (unpaired) electrons. The van der Waals surface area contributed by atoms with Crippen LogP contribution in [-0.2, 0) is 0 Å². The van der Waals surface area contributed by atoms with E-state index in [1.807, 2.05) is 0 Å². The van der Waals surface area contributed by atoms with Crippen molar-refractivity contribution < 1.29 is 0 Å². The molecule has 2 heteroatoms. The minimum Gasteiger partial charge on any atom is -0.343 e. The predicted molar refractivity (Wildman–Crippen MR) is 92.9 cm³/mol. The van der Waals surface area contributed by atoms with Crippen molar-refractivity contribution in [3.63, 3.8) is 0 Å². The molecule has 1 aliphatic heterocycles. The van der Waals surface area contributed by atoms with E-state index in [9.17, 15) is 0 Å². The van der Waals surface area contributed by atoms with Crippen LogP contribution in [-0.4, -0.2) is 6.54 Å². The zero-order valence-electron chi connectivity index (χ0n) is 11.9. The van der Waals surface area contributed by atoms with E-state index in [4.69, 9.17) is 0 Å². The number of anilines is 1. The van der Waals surface area contributed by atoms with Gasteiger partial charge in [-0.3, -0.25) is 0 Å². The monoisotopic (exact) mass is 337 g/mol. The summed E-state index contributed by atoms with van der Waals surface area (Å²) in [7, 11) is 0. The SMILES string of the molecule is Cc1ccc(N2C=c3cccc4c3=C(C=CC4Br)C2)cc1. The number of benzene rings is 2. The Kier molecular flexibility index (Phi) is 3.00. The lowest BCUT2D eigenvalue weighted by Gasteiger charge is -2.27. The molecule has 0 aromatic heterocycles. The maximum atomic E-state index is 3.74. The van der Waals surface area contributed by atoms with E-state index >= 15 is 0 Å². The molecule has 0 saturated carbocycles. The van der Waals surface area contributed by atoms with Crippen LogP contribution in [0.25, 0.3) is 11.8 Å². The van der Waals surface area contributed by atoms with Gasteiger partial charge in [-0.15, -0.1) is 0 Å². The molecule has 4 rings (SSSR count). The van der Waals surface area contributed by atoms with Gasteiger partial charge in [0.05, 0.1) is 4.83 Å². The Morgan fingerprint density at radius 3 is 2.71 bits per heavy atom. The molecular formula is C19H16BrN. The minimum atomic E-state index is 0.329. The van der Waals surface area contributed by atoms with E-state index < -0.39 is 0 Å². The number of rotatable bonds is 1. The van der Waals surface area contributed by atoms with Crippen LogP contribution in [0.1, 0.15) is 16.0 Å². The van der Waals surface area contributed by atoms with Gasteiger partial charge in [-0.2, -0.15) is 0 Å². The first-order valence-corrected chi connectivity index (χ1v) is 8.13. The molecule has 0 N–H and O–H groups in total. The van der Waals surface area contributed by atoms with Crippen LogP contribution in [0.2, 0.25) is 0 Å². The third-order valence-electron chi connectivity index (χ3n) is 4.21. The van der Waals surface area contributed by atoms with E-state index in [0.717, 1.165) is 6.54 Å². The maximum absolute atomic E-state index is 3.74. The first kappa shape index (κ1) is 12.9. The number of hydrogen-bond acceptors (Lipinski definition) is 1. The van der Waals surface area contributed by atoms with Gasteiger partial charge in [-0.25, -0.2) is 0 Å². The first-order chi connectivity index (χ1) is 10.2. The van der Waals surface area contributed by atoms with Crippen LogP contribution in [0.15, 0.2) is 54.6 Å². The van der Waals surface area contributed by atoms with Gasteiger partial charge in [0.1, 0.15) is 0 Å². The lowest BCUT2D eigenvalue weighted by Crippen LogP contribution is -2.41. The molecule has 1 aliphatic carbocycles. The van der Waals surface area contributed by atoms with Crippen LogP contribution in [0.4, 0.5) is 5.69 Å². The van der Waals surface area contributed by atoms with Crippen molar-refractivity contribution in [1.29, 1.82) is 0 Å². The van der Waals surface area contributed by atoms with Crippen LogP contribution in [0, 0.1) is 6.92 Å². The average molecular weight is 338 g/mol. The molecule has 0 saturated heterocycles. The minimum absolute atomic E-state index is 0.329. The summed E-state index contributed by atoms with van der Waals surface area (Å²) in [5, 5.41) is 2.72. The molecule has 2 aromatic carbocycles. The zero-order valence-corrected chi connectivity index (χ0v) is 13.5. The van der Waals surface area contributed by atoms with Crippen molar-refractivity contribution >= 4 is 33.4 Å². The molecule has 21 heavy (non-hydrogen) atoms. The van der Waals surface area contributed by atoms with Gasteiger partial charge >= 0.3 is 0 Å². The number of alkyl halides is 1. The molecule has 1 unspecified atom stereocenters. The number of aryl methyl sites for hydroxylation is 1. The molecule has 0 bridgehead atoms. The van der Waals surface area contributed by atoms with Gasteiger partial charge in [0.25, 0.3) is 0 Å². The Morgan fingerprint density at radius 1 is 1.10 bits per heavy atom. The number of hydrogen-bond donors (Lipinski definition) is 0. The Morgan fingerprint density at radius 2 is 1.90 bits per heavy atom. The second kappa shape index (κ2) is 4.88. The molecule has 0 amide bonds. The average Bonchev–Trinajstić information content (AvgIpc) is 2.51. The topological polar surface area (TPSA) is 3.24 Å². The van der Waals surface area contributed by atoms with E-state index in [0.29, 0.717) is 4.83 Å². The first-order valence-electron chi connectivity index (χ1n) is 7.22. The molecule has 1 atom stereocenters. The Balaban J connectivity index is 1.89. The van der Waals surface area contributed by atoms with E-state index in [1.165, 1.54) is 32.8 Å². The summed E-state index contributed by atoms with van der Waals surface area (Å²) >= 11 is 3.74. The quantitative estimate of drug-likeness (QED) is 0.721. The van der Waals surface area contributed by atoms with E-state index in [2.05, 4.69) is 88.6 Å². The third kappa shape index (κ3) is 2.14. The number of nitrogens with zero attached hydrogens (tertiary/aromatic N) is 1. The Hall–Kier alpha value is -1.80. The highest BCUT2D eigenvalue weighted by atomic mass is 79.9. The van der Waals surface area contributed by atoms with Gasteiger partial charge in [-0.05, 0) is 40.6 Å². The predicted octanol–water partition coefficient (Wildman–Crippen LogP) is 3.41. The van der Waals surface area contributed by atoms with Crippen molar-refractivity contribution in [2.24, 2.45) is 0 Å². The summed E-state index contributed by atoms with van der Waals surface area (Å²) in [6.45, 7) is 3.06. The Bertz CT molecular complexity index is 846. The fraction of sp³-hybridized carbons (Fsp3) is 0.158. The summed E-state index contributed by atoms with van der Waals surface area (Å²) in [5.74, 6) is 0. The van der Waals surface area contributed by atoms with Crippen LogP contribution in [0.5, 0.6) is 0 Å². The van der Waals surface area contributed by atoms with E-state index in [1.54, 1.807) is 0 Å². The van der Waals surface area contributed by atoms with Crippen molar-refractivity contribution in [1.82, 2.24) is 0 Å². The zero-order chi connectivity index (χ0) is 14.4. The highest BCUT2D eigenvalue weighted by Crippen LogP contribution is 2.27. The van der Waals surface area contributed by atoms with Gasteiger partial charge in [0.15, 0.2) is 0 Å². The molecule has 2 aliphatic rings. The van der Waals surface area contributed by atoms with Crippen molar-refractivity contribution in [3.05, 3.63) is 76.2 Å². The van der Waals surface area contributed by atoms with Crippen LogP contribution < -0.4 is 15.3 Å². The standard InChI is InChI=1S/C19H16BrN/c1-13-5-8-16(9-6-13)21-11-14-3-2-4-17-18(20)10-7-15(12-21)19(14)17/h2-11,18H,12H2,1H3. The number of halogens is 1. The lowest BCUT2D eigenvalue weighted by molar-refractivity contribution is 1.08. The Labute approximate surface area is 133 Å². The van der Waals surface area contributed by atoms with Crippen LogP contribution in [0.3, 0.4) is 0 Å². The summed E-state index contributed by atoms with van der Waals surface area (Å²) in [5.41, 5.74) is 5.33. The molecular weight excluding hydrogens is 322 g/mol. The molecule has 104 valence electrons.